The number of fused-ring (bicyclic) bond motifs is 1. The predicted octanol–water partition coefficient (Wildman–Crippen LogP) is 5.79. The second-order valence-electron chi connectivity index (χ2n) is 8.21. The van der Waals surface area contributed by atoms with Gasteiger partial charge in [0, 0.05) is 41.7 Å². The summed E-state index contributed by atoms with van der Waals surface area (Å²) < 4.78 is 34.0. The number of pyridine rings is 3. The molecule has 3 aromatic heterocycles. The molecule has 0 amide bonds. The molecule has 2 aromatic carbocycles. The Morgan fingerprint density at radius 1 is 1.00 bits per heavy atom. The smallest absolute Gasteiger partial charge is 0.200 e. The van der Waals surface area contributed by atoms with Crippen LogP contribution in [0.25, 0.3) is 22.0 Å². The molecule has 8 heteroatoms. The fourth-order valence-corrected chi connectivity index (χ4v) is 3.99. The lowest BCUT2D eigenvalue weighted by molar-refractivity contribution is 0.0991. The van der Waals surface area contributed by atoms with Gasteiger partial charge in [0.2, 0.25) is 0 Å². The molecule has 0 saturated heterocycles. The highest BCUT2D eigenvalue weighted by atomic mass is 19.1. The molecule has 6 nitrogen and oxygen atoms in total. The largest absolute Gasteiger partial charge is 0.454 e. The van der Waals surface area contributed by atoms with Crippen LogP contribution in [0.2, 0.25) is 0 Å². The summed E-state index contributed by atoms with van der Waals surface area (Å²) in [5.74, 6) is -1.14. The van der Waals surface area contributed by atoms with Gasteiger partial charge >= 0.3 is 0 Å². The van der Waals surface area contributed by atoms with Gasteiger partial charge in [0.15, 0.2) is 22.8 Å². The monoisotopic (exact) mass is 483 g/mol. The molecule has 0 fully saturated rings. The Labute approximate surface area is 204 Å². The summed E-state index contributed by atoms with van der Waals surface area (Å²) in [7, 11) is 0. The molecule has 178 valence electrons. The van der Waals surface area contributed by atoms with E-state index in [2.05, 4.69) is 15.0 Å². The van der Waals surface area contributed by atoms with Crippen molar-refractivity contribution >= 4 is 16.7 Å². The van der Waals surface area contributed by atoms with Gasteiger partial charge in [-0.3, -0.25) is 19.6 Å². The first-order valence-electron chi connectivity index (χ1n) is 11.1. The van der Waals surface area contributed by atoms with Crippen LogP contribution in [0.4, 0.5) is 8.78 Å². The molecule has 1 N–H and O–H groups in total. The molecule has 0 saturated carbocycles. The number of carbonyl (C=O) groups excluding carboxylic acids is 1. The van der Waals surface area contributed by atoms with Gasteiger partial charge in [-0.1, -0.05) is 18.2 Å². The number of hydrogen-bond acceptors (Lipinski definition) is 5. The molecule has 0 radical (unpaired) electrons. The van der Waals surface area contributed by atoms with E-state index >= 15 is 0 Å². The maximum absolute atomic E-state index is 14.9. The second-order valence-corrected chi connectivity index (χ2v) is 8.21. The number of benzene rings is 2. The molecule has 0 aliphatic heterocycles. The Kier molecular flexibility index (Phi) is 6.08. The van der Waals surface area contributed by atoms with E-state index in [-0.39, 0.29) is 23.3 Å². The second kappa shape index (κ2) is 9.50. The quantitative estimate of drug-likeness (QED) is 0.309. The number of aryl methyl sites for hydroxylation is 1. The van der Waals surface area contributed by atoms with Crippen molar-refractivity contribution in [1.29, 1.82) is 0 Å². The first-order valence-corrected chi connectivity index (χ1v) is 11.1. The van der Waals surface area contributed by atoms with Crippen LogP contribution in [0, 0.1) is 18.6 Å². The molecule has 36 heavy (non-hydrogen) atoms. The lowest BCUT2D eigenvalue weighted by atomic mass is 9.98. The van der Waals surface area contributed by atoms with Crippen LogP contribution in [-0.2, 0) is 6.42 Å². The molecular weight excluding hydrogens is 464 g/mol. The summed E-state index contributed by atoms with van der Waals surface area (Å²) in [6.45, 7) is 1.70. The van der Waals surface area contributed by atoms with Gasteiger partial charge in [0.1, 0.15) is 11.6 Å². The standard InChI is InChI=1S/C28H19F2N3O3/c1-16-27(18-3-5-19(29)6-4-18)28(35)21(14-33-16)24(34)13-17-2-7-26(22(30)12-17)36-25-9-11-32-23-15-31-10-8-20(23)25/h2-12,14-15H,13H2,1H3,(H,33,35). The van der Waals surface area contributed by atoms with Gasteiger partial charge < -0.3 is 9.72 Å². The first-order chi connectivity index (χ1) is 17.4. The van der Waals surface area contributed by atoms with Crippen molar-refractivity contribution in [3.8, 4) is 22.6 Å². The van der Waals surface area contributed by atoms with Crippen LogP contribution in [-0.4, -0.2) is 20.7 Å². The number of aromatic amines is 1. The Balaban J connectivity index is 1.39. The van der Waals surface area contributed by atoms with Crippen LogP contribution in [0.15, 0.2) is 84.2 Å². The number of nitrogens with one attached hydrogen (secondary N) is 1. The van der Waals surface area contributed by atoms with Crippen LogP contribution in [0.3, 0.4) is 0 Å². The number of ether oxygens (including phenoxy) is 1. The Morgan fingerprint density at radius 3 is 2.58 bits per heavy atom. The number of ketones is 1. The number of aromatic nitrogens is 3. The van der Waals surface area contributed by atoms with Gasteiger partial charge in [-0.05, 0) is 54.4 Å². The van der Waals surface area contributed by atoms with E-state index in [0.717, 1.165) is 0 Å². The van der Waals surface area contributed by atoms with Crippen molar-refractivity contribution < 1.29 is 18.3 Å². The number of hydrogen-bond donors (Lipinski definition) is 1. The first kappa shape index (κ1) is 23.0. The third kappa shape index (κ3) is 4.48. The van der Waals surface area contributed by atoms with Gasteiger partial charge in [0.25, 0.3) is 0 Å². The minimum absolute atomic E-state index is 0.0118. The normalized spacial score (nSPS) is 11.0. The van der Waals surface area contributed by atoms with Crippen molar-refractivity contribution in [3.05, 3.63) is 118 Å². The van der Waals surface area contributed by atoms with Gasteiger partial charge in [-0.15, -0.1) is 0 Å². The maximum Gasteiger partial charge on any atom is 0.200 e. The van der Waals surface area contributed by atoms with E-state index in [9.17, 15) is 18.4 Å². The lowest BCUT2D eigenvalue weighted by Gasteiger charge is -2.11. The van der Waals surface area contributed by atoms with E-state index in [4.69, 9.17) is 4.74 Å². The van der Waals surface area contributed by atoms with Crippen molar-refractivity contribution in [2.45, 2.75) is 13.3 Å². The molecule has 0 spiro atoms. The zero-order valence-corrected chi connectivity index (χ0v) is 19.1. The van der Waals surface area contributed by atoms with E-state index in [1.165, 1.54) is 42.6 Å². The number of Topliss-reactive ketones (excluding diaryl/α,β-unsaturated/α-hetero) is 1. The van der Waals surface area contributed by atoms with Crippen molar-refractivity contribution in [2.24, 2.45) is 0 Å². The highest BCUT2D eigenvalue weighted by Gasteiger charge is 2.18. The molecule has 0 bridgehead atoms. The predicted molar refractivity (Wildman–Crippen MR) is 131 cm³/mol. The topological polar surface area (TPSA) is 84.9 Å². The average Bonchev–Trinajstić information content (AvgIpc) is 2.87. The highest BCUT2D eigenvalue weighted by molar-refractivity contribution is 5.98. The lowest BCUT2D eigenvalue weighted by Crippen LogP contribution is -2.20. The van der Waals surface area contributed by atoms with Crippen molar-refractivity contribution in [2.75, 3.05) is 0 Å². The average molecular weight is 483 g/mol. The van der Waals surface area contributed by atoms with Gasteiger partial charge in [-0.2, -0.15) is 0 Å². The van der Waals surface area contributed by atoms with Gasteiger partial charge in [0.05, 0.1) is 17.3 Å². The number of nitrogens with zero attached hydrogens (tertiary/aromatic N) is 2. The molecular formula is C28H19F2N3O3. The number of carbonyl (C=O) groups is 1. The maximum atomic E-state index is 14.9. The third-order valence-corrected chi connectivity index (χ3v) is 5.80. The van der Waals surface area contributed by atoms with E-state index in [0.29, 0.717) is 33.5 Å². The van der Waals surface area contributed by atoms with E-state index in [1.807, 2.05) is 0 Å². The van der Waals surface area contributed by atoms with Crippen molar-refractivity contribution in [1.82, 2.24) is 15.0 Å². The summed E-state index contributed by atoms with van der Waals surface area (Å²) in [5.41, 5.74) is 1.81. The molecule has 0 aliphatic rings. The minimum atomic E-state index is -0.649. The molecule has 0 atom stereocenters. The summed E-state index contributed by atoms with van der Waals surface area (Å²) >= 11 is 0. The fourth-order valence-electron chi connectivity index (χ4n) is 3.99. The van der Waals surface area contributed by atoms with Crippen molar-refractivity contribution in [3.63, 3.8) is 0 Å². The zero-order chi connectivity index (χ0) is 25.2. The molecule has 3 heterocycles. The van der Waals surface area contributed by atoms with Crippen LogP contribution < -0.4 is 10.2 Å². The fraction of sp³-hybridized carbons (Fsp3) is 0.0714. The summed E-state index contributed by atoms with van der Waals surface area (Å²) in [4.78, 5) is 37.2. The summed E-state index contributed by atoms with van der Waals surface area (Å²) in [6.07, 6.45) is 5.89. The molecule has 0 aliphatic carbocycles. The minimum Gasteiger partial charge on any atom is -0.454 e. The van der Waals surface area contributed by atoms with Crippen LogP contribution in [0.5, 0.6) is 11.5 Å². The summed E-state index contributed by atoms with van der Waals surface area (Å²) in [6, 6.07) is 13.0. The number of H-pyrrole nitrogens is 1. The van der Waals surface area contributed by atoms with E-state index < -0.39 is 22.8 Å². The molecule has 5 rings (SSSR count). The number of halogens is 2. The Bertz CT molecular complexity index is 1660. The van der Waals surface area contributed by atoms with Gasteiger partial charge in [-0.25, -0.2) is 8.78 Å². The highest BCUT2D eigenvalue weighted by Crippen LogP contribution is 2.30. The van der Waals surface area contributed by atoms with Crippen LogP contribution >= 0.6 is 0 Å². The molecule has 0 unspecified atom stereocenters. The van der Waals surface area contributed by atoms with E-state index in [1.54, 1.807) is 43.7 Å². The Hall–Kier alpha value is -4.72. The number of rotatable bonds is 6. The molecule has 5 aromatic rings. The Morgan fingerprint density at radius 2 is 1.81 bits per heavy atom. The third-order valence-electron chi connectivity index (χ3n) is 5.80. The zero-order valence-electron chi connectivity index (χ0n) is 19.1. The van der Waals surface area contributed by atoms with Crippen LogP contribution in [0.1, 0.15) is 21.6 Å². The SMILES string of the molecule is Cc1[nH]cc(C(=O)Cc2ccc(Oc3ccnc4cnccc34)c(F)c2)c(=O)c1-c1ccc(F)cc1. The summed E-state index contributed by atoms with van der Waals surface area (Å²) in [5, 5.41) is 0.682.